The molecule has 0 radical (unpaired) electrons. The highest BCUT2D eigenvalue weighted by Crippen LogP contribution is 2.18. The molecule has 0 aliphatic heterocycles. The predicted molar refractivity (Wildman–Crippen MR) is 106 cm³/mol. The van der Waals surface area contributed by atoms with E-state index in [0.717, 1.165) is 16.8 Å². The molecular weight excluding hydrogens is 375 g/mol. The number of rotatable bonds is 7. The Morgan fingerprint density at radius 3 is 2.79 bits per heavy atom. The lowest BCUT2D eigenvalue weighted by molar-refractivity contribution is 0.222. The molecule has 0 bridgehead atoms. The lowest BCUT2D eigenvalue weighted by atomic mass is 10.1. The third-order valence-electron chi connectivity index (χ3n) is 4.56. The van der Waals surface area contributed by atoms with Crippen LogP contribution in [0, 0.1) is 19.7 Å². The number of ether oxygens (including phenoxy) is 1. The van der Waals surface area contributed by atoms with E-state index >= 15 is 0 Å². The van der Waals surface area contributed by atoms with Gasteiger partial charge in [-0.15, -0.1) is 0 Å². The molecule has 1 aromatic heterocycles. The minimum Gasteiger partial charge on any atom is -0.481 e. The summed E-state index contributed by atoms with van der Waals surface area (Å²) in [7, 11) is 1.70. The molecule has 3 rings (SSSR count). The van der Waals surface area contributed by atoms with E-state index in [-0.39, 0.29) is 24.3 Å². The van der Waals surface area contributed by atoms with Gasteiger partial charge >= 0.3 is 6.03 Å². The van der Waals surface area contributed by atoms with Crippen molar-refractivity contribution < 1.29 is 18.4 Å². The molecule has 152 valence electrons. The lowest BCUT2D eigenvalue weighted by Gasteiger charge is -2.18. The van der Waals surface area contributed by atoms with Crippen molar-refractivity contribution in [1.29, 1.82) is 0 Å². The maximum atomic E-state index is 13.6. The van der Waals surface area contributed by atoms with Crippen molar-refractivity contribution in [2.45, 2.75) is 26.9 Å². The summed E-state index contributed by atoms with van der Waals surface area (Å²) in [5, 5.41) is 6.78. The molecule has 2 aromatic carbocycles. The summed E-state index contributed by atoms with van der Waals surface area (Å²) in [5.74, 6) is 0.355. The number of aromatic nitrogens is 2. The highest BCUT2D eigenvalue weighted by Gasteiger charge is 2.13. The molecule has 0 atom stereocenters. The van der Waals surface area contributed by atoms with Crippen LogP contribution in [0.1, 0.15) is 22.8 Å². The number of hydrogen-bond donors (Lipinski definition) is 1. The minimum absolute atomic E-state index is 0.0309. The standard InChI is InChI=1S/C21H23FN4O3/c1-14-7-6-9-17(15(14)2)23-21(27)26(3)12-11-19-24-20(29-25-19)13-28-18-10-5-4-8-16(18)22/h4-10H,11-13H2,1-3H3,(H,23,27). The molecule has 0 aliphatic rings. The fraction of sp³-hybridized carbons (Fsp3) is 0.286. The third-order valence-corrected chi connectivity index (χ3v) is 4.56. The van der Waals surface area contributed by atoms with Gasteiger partial charge in [0.05, 0.1) is 0 Å². The number of likely N-dealkylation sites (N-methyl/N-ethyl adjacent to an activating group) is 1. The molecule has 1 heterocycles. The van der Waals surface area contributed by atoms with Crippen LogP contribution in [0.3, 0.4) is 0 Å². The van der Waals surface area contributed by atoms with Gasteiger partial charge in [0.2, 0.25) is 0 Å². The molecule has 29 heavy (non-hydrogen) atoms. The number of nitrogens with zero attached hydrogens (tertiary/aromatic N) is 3. The Balaban J connectivity index is 1.49. The first-order valence-corrected chi connectivity index (χ1v) is 9.21. The predicted octanol–water partition coefficient (Wildman–Crippen LogP) is 4.11. The van der Waals surface area contributed by atoms with Crippen LogP contribution in [0.25, 0.3) is 0 Å². The number of anilines is 1. The zero-order chi connectivity index (χ0) is 20.8. The smallest absolute Gasteiger partial charge is 0.321 e. The van der Waals surface area contributed by atoms with Crippen molar-refractivity contribution in [3.8, 4) is 5.75 Å². The molecule has 0 saturated heterocycles. The van der Waals surface area contributed by atoms with Crippen LogP contribution in [0.5, 0.6) is 5.75 Å². The van der Waals surface area contributed by atoms with Crippen molar-refractivity contribution in [3.63, 3.8) is 0 Å². The van der Waals surface area contributed by atoms with Gasteiger partial charge in [0.15, 0.2) is 24.0 Å². The van der Waals surface area contributed by atoms with Crippen molar-refractivity contribution in [3.05, 3.63) is 71.1 Å². The minimum atomic E-state index is -0.455. The maximum Gasteiger partial charge on any atom is 0.321 e. The van der Waals surface area contributed by atoms with Crippen LogP contribution in [-0.4, -0.2) is 34.7 Å². The molecule has 0 spiro atoms. The summed E-state index contributed by atoms with van der Waals surface area (Å²) in [6.07, 6.45) is 0.417. The van der Waals surface area contributed by atoms with E-state index < -0.39 is 5.82 Å². The molecule has 0 unspecified atom stereocenters. The van der Waals surface area contributed by atoms with E-state index in [1.807, 2.05) is 32.0 Å². The van der Waals surface area contributed by atoms with Crippen molar-refractivity contribution in [1.82, 2.24) is 15.0 Å². The summed E-state index contributed by atoms with van der Waals surface area (Å²) in [4.78, 5) is 18.2. The summed E-state index contributed by atoms with van der Waals surface area (Å²) in [6, 6.07) is 11.7. The Kier molecular flexibility index (Phi) is 6.43. The second-order valence-electron chi connectivity index (χ2n) is 6.67. The molecule has 8 heteroatoms. The van der Waals surface area contributed by atoms with E-state index in [1.54, 1.807) is 24.1 Å². The maximum absolute atomic E-state index is 13.6. The first-order chi connectivity index (χ1) is 13.9. The van der Waals surface area contributed by atoms with E-state index in [0.29, 0.717) is 18.8 Å². The monoisotopic (exact) mass is 398 g/mol. The molecule has 0 fully saturated rings. The molecule has 2 amide bonds. The first kappa shape index (κ1) is 20.3. The molecule has 7 nitrogen and oxygen atoms in total. The molecule has 3 aromatic rings. The van der Waals surface area contributed by atoms with Crippen LogP contribution < -0.4 is 10.1 Å². The van der Waals surface area contributed by atoms with Gasteiger partial charge in [0.25, 0.3) is 5.89 Å². The number of hydrogen-bond acceptors (Lipinski definition) is 5. The summed E-state index contributed by atoms with van der Waals surface area (Å²) < 4.78 is 24.0. The van der Waals surface area contributed by atoms with Crippen molar-refractivity contribution in [2.24, 2.45) is 0 Å². The second-order valence-corrected chi connectivity index (χ2v) is 6.67. The molecule has 1 N–H and O–H groups in total. The zero-order valence-corrected chi connectivity index (χ0v) is 16.6. The van der Waals surface area contributed by atoms with Crippen LogP contribution in [0.2, 0.25) is 0 Å². The number of urea groups is 1. The number of benzene rings is 2. The van der Waals surface area contributed by atoms with E-state index in [1.165, 1.54) is 12.1 Å². The van der Waals surface area contributed by atoms with E-state index in [2.05, 4.69) is 15.5 Å². The zero-order valence-electron chi connectivity index (χ0n) is 16.6. The Morgan fingerprint density at radius 2 is 2.00 bits per heavy atom. The van der Waals surface area contributed by atoms with E-state index in [4.69, 9.17) is 9.26 Å². The summed E-state index contributed by atoms with van der Waals surface area (Å²) >= 11 is 0. The average molecular weight is 398 g/mol. The SMILES string of the molecule is Cc1cccc(NC(=O)N(C)CCc2noc(COc3ccccc3F)n2)c1C. The van der Waals surface area contributed by atoms with Crippen LogP contribution in [0.4, 0.5) is 14.9 Å². The number of nitrogens with one attached hydrogen (secondary N) is 1. The van der Waals surface area contributed by atoms with Gasteiger partial charge in [0, 0.05) is 25.7 Å². The van der Waals surface area contributed by atoms with Gasteiger partial charge in [-0.1, -0.05) is 29.4 Å². The fourth-order valence-electron chi connectivity index (χ4n) is 2.62. The van der Waals surface area contributed by atoms with Gasteiger partial charge in [-0.2, -0.15) is 4.98 Å². The average Bonchev–Trinajstić information content (AvgIpc) is 3.17. The Labute approximate surface area is 168 Å². The summed E-state index contributed by atoms with van der Waals surface area (Å²) in [6.45, 7) is 4.34. The highest BCUT2D eigenvalue weighted by atomic mass is 19.1. The summed E-state index contributed by atoms with van der Waals surface area (Å²) in [5.41, 5.74) is 2.93. The number of carbonyl (C=O) groups excluding carboxylic acids is 1. The highest BCUT2D eigenvalue weighted by molar-refractivity contribution is 5.90. The van der Waals surface area contributed by atoms with Gasteiger partial charge in [-0.25, -0.2) is 9.18 Å². The largest absolute Gasteiger partial charge is 0.481 e. The Morgan fingerprint density at radius 1 is 1.21 bits per heavy atom. The number of halogens is 1. The molecule has 0 aliphatic carbocycles. The lowest BCUT2D eigenvalue weighted by Crippen LogP contribution is -2.33. The quantitative estimate of drug-likeness (QED) is 0.648. The Bertz CT molecular complexity index is 990. The van der Waals surface area contributed by atoms with E-state index in [9.17, 15) is 9.18 Å². The number of aryl methyl sites for hydroxylation is 1. The number of carbonyl (C=O) groups is 1. The third kappa shape index (κ3) is 5.31. The van der Waals surface area contributed by atoms with Crippen LogP contribution in [-0.2, 0) is 13.0 Å². The molecule has 0 saturated carbocycles. The van der Waals surface area contributed by atoms with Gasteiger partial charge in [0.1, 0.15) is 0 Å². The van der Waals surface area contributed by atoms with Gasteiger partial charge in [-0.05, 0) is 43.2 Å². The number of amides is 2. The number of para-hydroxylation sites is 1. The van der Waals surface area contributed by atoms with Gasteiger partial charge in [-0.3, -0.25) is 0 Å². The van der Waals surface area contributed by atoms with Crippen molar-refractivity contribution >= 4 is 11.7 Å². The normalized spacial score (nSPS) is 10.6. The fourth-order valence-corrected chi connectivity index (χ4v) is 2.62. The second kappa shape index (κ2) is 9.18. The van der Waals surface area contributed by atoms with Crippen LogP contribution in [0.15, 0.2) is 47.0 Å². The van der Waals surface area contributed by atoms with Gasteiger partial charge < -0.3 is 19.5 Å². The first-order valence-electron chi connectivity index (χ1n) is 9.21. The Hall–Kier alpha value is -3.42. The topological polar surface area (TPSA) is 80.5 Å². The van der Waals surface area contributed by atoms with Crippen molar-refractivity contribution in [2.75, 3.05) is 18.9 Å². The molecular formula is C21H23FN4O3. The van der Waals surface area contributed by atoms with Crippen LogP contribution >= 0.6 is 0 Å².